The van der Waals surface area contributed by atoms with Gasteiger partial charge in [-0.1, -0.05) is 5.16 Å². The molecule has 2 atom stereocenters. The minimum Gasteiger partial charge on any atom is -0.384 e. The van der Waals surface area contributed by atoms with Crippen molar-refractivity contribution in [3.05, 3.63) is 35.9 Å². The summed E-state index contributed by atoms with van der Waals surface area (Å²) in [5.74, 6) is 1.03. The van der Waals surface area contributed by atoms with Crippen LogP contribution in [0, 0.1) is 0 Å². The lowest BCUT2D eigenvalue weighted by atomic mass is 10.0. The molecule has 0 aromatic carbocycles. The summed E-state index contributed by atoms with van der Waals surface area (Å²) in [5, 5.41) is 6.80. The van der Waals surface area contributed by atoms with E-state index in [1.54, 1.807) is 6.07 Å². The van der Waals surface area contributed by atoms with Crippen molar-refractivity contribution in [1.29, 1.82) is 0 Å². The molecular formula is C18H23N5O4S. The Morgan fingerprint density at radius 3 is 2.79 bits per heavy atom. The van der Waals surface area contributed by atoms with Crippen LogP contribution in [0.1, 0.15) is 54.8 Å². The Hall–Kier alpha value is -2.46. The number of nitrogen functional groups attached to an aromatic ring is 1. The first-order valence-electron chi connectivity index (χ1n) is 9.35. The first kappa shape index (κ1) is 18.9. The number of amides is 1. The summed E-state index contributed by atoms with van der Waals surface area (Å²) in [6.07, 6.45) is 4.56. The number of nitrogens with two attached hydrogens (primary N) is 1. The highest BCUT2D eigenvalue weighted by atomic mass is 32.2. The van der Waals surface area contributed by atoms with Crippen LogP contribution in [0.2, 0.25) is 0 Å². The molecular weight excluding hydrogens is 382 g/mol. The van der Waals surface area contributed by atoms with Gasteiger partial charge < -0.3 is 15.6 Å². The number of rotatable bonds is 5. The number of piperidine rings is 1. The standard InChI is InChI=1S/C18H23N5O4S/c1-11-8-13(21-18(24)15-10-16(27-22-15)12-2-3-12)5-7-23(11)28(25,26)14-4-6-20-17(19)9-14/h4,6,9-13H,2-3,5,7-8H2,1H3,(H2,19,20)(H,21,24)/t11-,13-/m0/s1. The first-order valence-corrected chi connectivity index (χ1v) is 10.8. The summed E-state index contributed by atoms with van der Waals surface area (Å²) >= 11 is 0. The highest BCUT2D eigenvalue weighted by Gasteiger charge is 2.36. The number of anilines is 1. The number of nitrogens with zero attached hydrogens (tertiary/aromatic N) is 3. The second-order valence-electron chi connectivity index (χ2n) is 7.46. The van der Waals surface area contributed by atoms with E-state index in [9.17, 15) is 13.2 Å². The number of pyridine rings is 1. The van der Waals surface area contributed by atoms with Crippen LogP contribution < -0.4 is 11.1 Å². The maximum absolute atomic E-state index is 12.9. The zero-order chi connectivity index (χ0) is 19.9. The van der Waals surface area contributed by atoms with Gasteiger partial charge in [-0.05, 0) is 38.7 Å². The van der Waals surface area contributed by atoms with Gasteiger partial charge >= 0.3 is 0 Å². The average Bonchev–Trinajstić information content (AvgIpc) is 3.38. The molecule has 1 aliphatic carbocycles. The molecule has 2 aliphatic rings. The van der Waals surface area contributed by atoms with E-state index < -0.39 is 10.0 Å². The molecule has 28 heavy (non-hydrogen) atoms. The maximum atomic E-state index is 12.9. The van der Waals surface area contributed by atoms with Crippen LogP contribution >= 0.6 is 0 Å². The van der Waals surface area contributed by atoms with Crippen molar-refractivity contribution in [1.82, 2.24) is 19.8 Å². The third-order valence-corrected chi connectivity index (χ3v) is 7.26. The van der Waals surface area contributed by atoms with Gasteiger partial charge in [0.25, 0.3) is 5.91 Å². The molecule has 4 rings (SSSR count). The first-order chi connectivity index (χ1) is 13.3. The molecule has 1 saturated heterocycles. The quantitative estimate of drug-likeness (QED) is 0.770. The minimum atomic E-state index is -3.66. The van der Waals surface area contributed by atoms with Gasteiger partial charge in [0.05, 0.1) is 4.90 Å². The topological polar surface area (TPSA) is 131 Å². The van der Waals surface area contributed by atoms with Gasteiger partial charge in [0.1, 0.15) is 11.6 Å². The van der Waals surface area contributed by atoms with Gasteiger partial charge in [0, 0.05) is 42.9 Å². The van der Waals surface area contributed by atoms with Gasteiger partial charge in [-0.25, -0.2) is 13.4 Å². The fourth-order valence-corrected chi connectivity index (χ4v) is 5.26. The summed E-state index contributed by atoms with van der Waals surface area (Å²) in [7, 11) is -3.66. The predicted molar refractivity (Wildman–Crippen MR) is 101 cm³/mol. The van der Waals surface area contributed by atoms with Crippen molar-refractivity contribution in [3.63, 3.8) is 0 Å². The average molecular weight is 405 g/mol. The van der Waals surface area contributed by atoms with E-state index in [1.165, 1.54) is 22.6 Å². The fourth-order valence-electron chi connectivity index (χ4n) is 3.58. The Balaban J connectivity index is 1.40. The van der Waals surface area contributed by atoms with Crippen LogP contribution in [-0.4, -0.2) is 47.4 Å². The van der Waals surface area contributed by atoms with Crippen molar-refractivity contribution in [2.24, 2.45) is 0 Å². The van der Waals surface area contributed by atoms with Crippen LogP contribution in [0.3, 0.4) is 0 Å². The molecule has 1 amide bonds. The van der Waals surface area contributed by atoms with E-state index in [0.29, 0.717) is 25.3 Å². The van der Waals surface area contributed by atoms with Crippen LogP contribution in [0.4, 0.5) is 5.82 Å². The maximum Gasteiger partial charge on any atom is 0.273 e. The van der Waals surface area contributed by atoms with Gasteiger partial charge in [-0.2, -0.15) is 4.31 Å². The van der Waals surface area contributed by atoms with Crippen molar-refractivity contribution in [2.45, 2.75) is 55.5 Å². The molecule has 1 aliphatic heterocycles. The van der Waals surface area contributed by atoms with Gasteiger partial charge in [0.15, 0.2) is 5.69 Å². The van der Waals surface area contributed by atoms with Gasteiger partial charge in [0.2, 0.25) is 10.0 Å². The molecule has 3 heterocycles. The van der Waals surface area contributed by atoms with Crippen LogP contribution in [0.25, 0.3) is 0 Å². The Kier molecular flexibility index (Phi) is 4.84. The molecule has 0 unspecified atom stereocenters. The highest BCUT2D eigenvalue weighted by molar-refractivity contribution is 7.89. The van der Waals surface area contributed by atoms with Crippen molar-refractivity contribution >= 4 is 21.7 Å². The molecule has 2 aromatic heterocycles. The molecule has 2 fully saturated rings. The normalized spacial score (nSPS) is 23.5. The number of hydrogen-bond acceptors (Lipinski definition) is 7. The second-order valence-corrected chi connectivity index (χ2v) is 9.36. The summed E-state index contributed by atoms with van der Waals surface area (Å²) < 4.78 is 32.5. The van der Waals surface area contributed by atoms with Crippen molar-refractivity contribution < 1.29 is 17.7 Å². The largest absolute Gasteiger partial charge is 0.384 e. The number of carbonyl (C=O) groups is 1. The SMILES string of the molecule is C[C@H]1C[C@@H](NC(=O)c2cc(C3CC3)on2)CCN1S(=O)(=O)c1ccnc(N)c1. The zero-order valence-electron chi connectivity index (χ0n) is 15.5. The molecule has 0 spiro atoms. The van der Waals surface area contributed by atoms with E-state index in [1.807, 2.05) is 6.92 Å². The third-order valence-electron chi connectivity index (χ3n) is 5.25. The second kappa shape index (κ2) is 7.17. The van der Waals surface area contributed by atoms with E-state index in [0.717, 1.165) is 18.6 Å². The molecule has 9 nitrogen and oxygen atoms in total. The summed E-state index contributed by atoms with van der Waals surface area (Å²) in [4.78, 5) is 16.4. The fraction of sp³-hybridized carbons (Fsp3) is 0.500. The van der Waals surface area contributed by atoms with Crippen molar-refractivity contribution in [3.8, 4) is 0 Å². The number of hydrogen-bond donors (Lipinski definition) is 2. The summed E-state index contributed by atoms with van der Waals surface area (Å²) in [6.45, 7) is 2.14. The molecule has 3 N–H and O–H groups in total. The van der Waals surface area contributed by atoms with E-state index in [-0.39, 0.29) is 34.4 Å². The molecule has 1 saturated carbocycles. The molecule has 0 bridgehead atoms. The Morgan fingerprint density at radius 2 is 2.11 bits per heavy atom. The monoisotopic (exact) mass is 405 g/mol. The Bertz CT molecular complexity index is 985. The van der Waals surface area contributed by atoms with Gasteiger partial charge in [-0.15, -0.1) is 0 Å². The van der Waals surface area contributed by atoms with Crippen LogP contribution in [0.15, 0.2) is 33.8 Å². The number of nitrogens with one attached hydrogen (secondary N) is 1. The third kappa shape index (κ3) is 3.74. The summed E-state index contributed by atoms with van der Waals surface area (Å²) in [5.41, 5.74) is 5.90. The lowest BCUT2D eigenvalue weighted by Crippen LogP contribution is -2.50. The van der Waals surface area contributed by atoms with Gasteiger partial charge in [-0.3, -0.25) is 4.79 Å². The van der Waals surface area contributed by atoms with E-state index >= 15 is 0 Å². The number of sulfonamides is 1. The predicted octanol–water partition coefficient (Wildman–Crippen LogP) is 1.50. The number of carbonyl (C=O) groups excluding carboxylic acids is 1. The Labute approximate surface area is 163 Å². The van der Waals surface area contributed by atoms with E-state index in [2.05, 4.69) is 15.5 Å². The smallest absolute Gasteiger partial charge is 0.273 e. The highest BCUT2D eigenvalue weighted by Crippen LogP contribution is 2.40. The minimum absolute atomic E-state index is 0.127. The zero-order valence-corrected chi connectivity index (χ0v) is 16.4. The van der Waals surface area contributed by atoms with Crippen molar-refractivity contribution in [2.75, 3.05) is 12.3 Å². The van der Waals surface area contributed by atoms with E-state index in [4.69, 9.17) is 10.3 Å². The van der Waals surface area contributed by atoms with Crippen LogP contribution in [-0.2, 0) is 10.0 Å². The molecule has 150 valence electrons. The van der Waals surface area contributed by atoms with Crippen LogP contribution in [0.5, 0.6) is 0 Å². The lowest BCUT2D eigenvalue weighted by molar-refractivity contribution is 0.0905. The molecule has 2 aromatic rings. The number of aromatic nitrogens is 2. The molecule has 10 heteroatoms. The molecule has 0 radical (unpaired) electrons. The Morgan fingerprint density at radius 1 is 1.32 bits per heavy atom. The summed E-state index contributed by atoms with van der Waals surface area (Å²) in [6, 6.07) is 4.10. The lowest BCUT2D eigenvalue weighted by Gasteiger charge is -2.36.